The molecule has 0 radical (unpaired) electrons. The molecule has 11 nitrogen and oxygen atoms in total. The number of carbonyl (C=O) groups is 4. The van der Waals surface area contributed by atoms with Crippen LogP contribution in [-0.2, 0) is 33.4 Å². The maximum absolute atomic E-state index is 13.3. The van der Waals surface area contributed by atoms with E-state index in [0.29, 0.717) is 5.57 Å². The first-order valence-electron chi connectivity index (χ1n) is 12.3. The van der Waals surface area contributed by atoms with E-state index >= 15 is 0 Å². The molecular weight excluding hydrogens is 476 g/mol. The molecule has 2 heterocycles. The van der Waals surface area contributed by atoms with Crippen molar-refractivity contribution in [2.24, 2.45) is 34.5 Å². The highest BCUT2D eigenvalue weighted by Crippen LogP contribution is 2.72. The number of rotatable bonds is 4. The predicted octanol–water partition coefficient (Wildman–Crippen LogP) is -0.406. The lowest BCUT2D eigenvalue weighted by Gasteiger charge is -2.67. The molecule has 36 heavy (non-hydrogen) atoms. The maximum Gasteiger partial charge on any atom is 0.348 e. The second-order valence-electron chi connectivity index (χ2n) is 11.7. The van der Waals surface area contributed by atoms with Gasteiger partial charge >= 0.3 is 17.9 Å². The molecule has 0 amide bonds. The van der Waals surface area contributed by atoms with Crippen LogP contribution in [0.15, 0.2) is 11.6 Å². The zero-order chi connectivity index (χ0) is 26.5. The molecule has 1 spiro atoms. The molecule has 2 saturated carbocycles. The third-order valence-corrected chi connectivity index (χ3v) is 9.49. The van der Waals surface area contributed by atoms with E-state index in [1.54, 1.807) is 27.7 Å². The number of carboxylic acids is 1. The smallest absolute Gasteiger partial charge is 0.348 e. The predicted molar refractivity (Wildman–Crippen MR) is 118 cm³/mol. The summed E-state index contributed by atoms with van der Waals surface area (Å²) in [7, 11) is 0. The van der Waals surface area contributed by atoms with Crippen molar-refractivity contribution in [3.05, 3.63) is 11.6 Å². The second-order valence-corrected chi connectivity index (χ2v) is 11.7. The molecule has 2 saturated heterocycles. The highest BCUT2D eigenvalue weighted by molar-refractivity contribution is 5.96. The monoisotopic (exact) mass is 508 g/mol. The van der Waals surface area contributed by atoms with Crippen LogP contribution in [0.25, 0.3) is 0 Å². The lowest BCUT2D eigenvalue weighted by Crippen LogP contribution is -2.80. The fourth-order valence-electron chi connectivity index (χ4n) is 8.19. The summed E-state index contributed by atoms with van der Waals surface area (Å²) >= 11 is 0. The van der Waals surface area contributed by atoms with Gasteiger partial charge in [0.05, 0.1) is 18.6 Å². The van der Waals surface area contributed by atoms with E-state index in [1.807, 2.05) is 0 Å². The Kier molecular flexibility index (Phi) is 5.51. The van der Waals surface area contributed by atoms with Gasteiger partial charge in [0.2, 0.25) is 11.7 Å². The van der Waals surface area contributed by atoms with Gasteiger partial charge in [0.15, 0.2) is 5.78 Å². The molecule has 4 N–H and O–H groups in total. The minimum absolute atomic E-state index is 0.0422. The number of allylic oxidation sites excluding steroid dienone is 1. The molecule has 3 aliphatic carbocycles. The quantitative estimate of drug-likeness (QED) is 0.363. The number of hydrogen-bond donors (Lipinski definition) is 4. The van der Waals surface area contributed by atoms with Crippen molar-refractivity contribution in [3.8, 4) is 0 Å². The van der Waals surface area contributed by atoms with Gasteiger partial charge in [0, 0.05) is 23.2 Å². The number of carbonyl (C=O) groups excluding carboxylic acids is 3. The van der Waals surface area contributed by atoms with Crippen LogP contribution in [0, 0.1) is 34.5 Å². The Labute approximate surface area is 207 Å². The summed E-state index contributed by atoms with van der Waals surface area (Å²) in [5.41, 5.74) is -4.64. The van der Waals surface area contributed by atoms with Gasteiger partial charge < -0.3 is 34.6 Å². The minimum Gasteiger partial charge on any atom is -0.479 e. The van der Waals surface area contributed by atoms with Crippen molar-refractivity contribution in [2.75, 3.05) is 6.61 Å². The van der Waals surface area contributed by atoms with Crippen molar-refractivity contribution in [1.82, 2.24) is 0 Å². The third-order valence-electron chi connectivity index (χ3n) is 9.49. The van der Waals surface area contributed by atoms with Crippen LogP contribution < -0.4 is 0 Å². The van der Waals surface area contributed by atoms with E-state index in [0.717, 1.165) is 0 Å². The fraction of sp³-hybridized carbons (Fsp3) is 0.760. The molecule has 0 aromatic rings. The first kappa shape index (κ1) is 25.3. The van der Waals surface area contributed by atoms with Gasteiger partial charge in [0.1, 0.15) is 18.3 Å². The van der Waals surface area contributed by atoms with Gasteiger partial charge in [-0.3, -0.25) is 9.59 Å². The van der Waals surface area contributed by atoms with E-state index in [-0.39, 0.29) is 25.4 Å². The van der Waals surface area contributed by atoms with Crippen LogP contribution in [0.3, 0.4) is 0 Å². The van der Waals surface area contributed by atoms with E-state index in [1.165, 1.54) is 6.08 Å². The van der Waals surface area contributed by atoms with Crippen LogP contribution in [0.2, 0.25) is 0 Å². The van der Waals surface area contributed by atoms with Crippen molar-refractivity contribution in [3.63, 3.8) is 0 Å². The number of hydrogen-bond acceptors (Lipinski definition) is 10. The van der Waals surface area contributed by atoms with Gasteiger partial charge in [-0.15, -0.1) is 0 Å². The molecule has 0 aromatic heterocycles. The van der Waals surface area contributed by atoms with Crippen molar-refractivity contribution >= 4 is 23.7 Å². The SMILES string of the molecule is CC1=CC(=O)[C@@H](O)[C@]2(C)[C@H]3[C@@H](O)[C@H](O)[C@]4(C(=O)O)OC[C@@]35[C@@H](C[C@@H]12)OC(=O)[C@H](OC(=O)CC(C)C)[C@@H]45. The molecule has 0 unspecified atom stereocenters. The Morgan fingerprint density at radius 1 is 1.19 bits per heavy atom. The number of aliphatic hydroxyl groups is 3. The Bertz CT molecular complexity index is 1070. The summed E-state index contributed by atoms with van der Waals surface area (Å²) in [6.07, 6.45) is -6.61. The van der Waals surface area contributed by atoms with E-state index in [4.69, 9.17) is 14.2 Å². The lowest BCUT2D eigenvalue weighted by molar-refractivity contribution is -0.297. The Balaban J connectivity index is 1.73. The molecule has 2 aliphatic heterocycles. The average Bonchev–Trinajstić information content (AvgIpc) is 3.08. The van der Waals surface area contributed by atoms with Crippen molar-refractivity contribution in [2.45, 2.75) is 76.7 Å². The Morgan fingerprint density at radius 3 is 2.47 bits per heavy atom. The number of esters is 2. The third kappa shape index (κ3) is 2.82. The van der Waals surface area contributed by atoms with Crippen molar-refractivity contribution in [1.29, 1.82) is 0 Å². The van der Waals surface area contributed by atoms with Crippen LogP contribution in [0.4, 0.5) is 0 Å². The minimum atomic E-state index is -2.46. The first-order chi connectivity index (χ1) is 16.7. The van der Waals surface area contributed by atoms with Crippen LogP contribution in [0.5, 0.6) is 0 Å². The van der Waals surface area contributed by atoms with Gasteiger partial charge in [-0.2, -0.15) is 0 Å². The Hall–Kier alpha value is -2.34. The highest BCUT2D eigenvalue weighted by atomic mass is 16.6. The zero-order valence-electron chi connectivity index (χ0n) is 20.5. The number of aliphatic hydroxyl groups excluding tert-OH is 3. The molecule has 198 valence electrons. The molecule has 5 aliphatic rings. The molecule has 11 heteroatoms. The summed E-state index contributed by atoms with van der Waals surface area (Å²) in [6.45, 7) is 6.54. The number of ketones is 1. The number of fused-ring (bicyclic) bond motifs is 2. The largest absolute Gasteiger partial charge is 0.479 e. The molecule has 11 atom stereocenters. The molecule has 4 fully saturated rings. The molecule has 0 aromatic carbocycles. The summed E-state index contributed by atoms with van der Waals surface area (Å²) in [4.78, 5) is 51.4. The lowest BCUT2D eigenvalue weighted by atomic mass is 9.38. The maximum atomic E-state index is 13.3. The summed E-state index contributed by atoms with van der Waals surface area (Å²) < 4.78 is 17.2. The van der Waals surface area contributed by atoms with Gasteiger partial charge in [0.25, 0.3) is 0 Å². The first-order valence-corrected chi connectivity index (χ1v) is 12.3. The molecule has 2 bridgehead atoms. The highest BCUT2D eigenvalue weighted by Gasteiger charge is 2.85. The van der Waals surface area contributed by atoms with Gasteiger partial charge in [-0.1, -0.05) is 26.3 Å². The fourth-order valence-corrected chi connectivity index (χ4v) is 8.19. The zero-order valence-corrected chi connectivity index (χ0v) is 20.5. The van der Waals surface area contributed by atoms with E-state index in [9.17, 15) is 39.6 Å². The standard InChI is InChI=1S/C25H32O11/c1-9(2)5-14(27)36-16-18-24-8-34-25(18,22(32)33)20(30)15(28)17(24)23(4)11(7-13(24)35-21(16)31)10(3)6-12(26)19(23)29/h6,9,11,13,15-20,28-30H,5,7-8H2,1-4H3,(H,32,33)/t11-,13+,15+,16+,17+,18+,19+,20-,23-,24+,25+/m0/s1. The van der Waals surface area contributed by atoms with Crippen LogP contribution in [0.1, 0.15) is 40.5 Å². The number of aliphatic carboxylic acids is 1. The number of carboxylic acid groups (broad SMARTS) is 1. The van der Waals surface area contributed by atoms with Crippen molar-refractivity contribution < 1.29 is 53.8 Å². The molecular formula is C25H32O11. The second kappa shape index (κ2) is 7.83. The van der Waals surface area contributed by atoms with Gasteiger partial charge in [-0.05, 0) is 31.3 Å². The summed E-state index contributed by atoms with van der Waals surface area (Å²) in [6, 6.07) is 0. The Morgan fingerprint density at radius 2 is 1.86 bits per heavy atom. The van der Waals surface area contributed by atoms with E-state index in [2.05, 4.69) is 0 Å². The van der Waals surface area contributed by atoms with Gasteiger partial charge in [-0.25, -0.2) is 9.59 Å². The topological polar surface area (TPSA) is 177 Å². The molecule has 5 rings (SSSR count). The van der Waals surface area contributed by atoms with Crippen LogP contribution in [-0.4, -0.2) is 86.8 Å². The average molecular weight is 509 g/mol. The summed E-state index contributed by atoms with van der Waals surface area (Å²) in [5.74, 6) is -7.04. The summed E-state index contributed by atoms with van der Waals surface area (Å²) in [5, 5.41) is 44.3. The normalized spacial score (nSPS) is 49.1. The number of ether oxygens (including phenoxy) is 3. The van der Waals surface area contributed by atoms with Crippen LogP contribution >= 0.6 is 0 Å². The van der Waals surface area contributed by atoms with E-state index < -0.39 is 88.4 Å².